The molecule has 9 nitrogen and oxygen atoms in total. The smallest absolute Gasteiger partial charge is 0.342 e. The van der Waals surface area contributed by atoms with Crippen LogP contribution in [-0.4, -0.2) is 43.5 Å². The molecular weight excluding hydrogens is 622 g/mol. The van der Waals surface area contributed by atoms with Crippen molar-refractivity contribution in [3.05, 3.63) is 66.4 Å². The highest BCUT2D eigenvalue weighted by Gasteiger charge is 2.25. The number of aryl methyl sites for hydroxylation is 1. The Kier molecular flexibility index (Phi) is 7.86. The van der Waals surface area contributed by atoms with Crippen molar-refractivity contribution in [2.75, 3.05) is 25.8 Å². The Balaban J connectivity index is 1.50. The van der Waals surface area contributed by atoms with Crippen LogP contribution in [0.15, 0.2) is 39.3 Å². The molecular formula is C24H19Br2NO8S. The second-order valence-corrected chi connectivity index (χ2v) is 10.6. The minimum absolute atomic E-state index is 0.114. The first-order valence-corrected chi connectivity index (χ1v) is 12.8. The molecule has 4 rings (SSSR count). The van der Waals surface area contributed by atoms with Gasteiger partial charge in [-0.15, -0.1) is 11.3 Å². The molecule has 1 aliphatic rings. The monoisotopic (exact) mass is 639 g/mol. The number of benzene rings is 2. The van der Waals surface area contributed by atoms with Gasteiger partial charge in [0.15, 0.2) is 18.1 Å². The molecule has 188 valence electrons. The topological polar surface area (TPSA) is 120 Å². The van der Waals surface area contributed by atoms with Crippen molar-refractivity contribution in [1.82, 2.24) is 0 Å². The van der Waals surface area contributed by atoms with E-state index in [-0.39, 0.29) is 28.7 Å². The molecule has 0 atom stereocenters. The predicted octanol–water partition coefficient (Wildman–Crippen LogP) is 5.19. The molecule has 0 bridgehead atoms. The van der Waals surface area contributed by atoms with Crippen LogP contribution < -0.4 is 14.8 Å². The molecule has 1 aliphatic heterocycles. The molecule has 12 heteroatoms. The van der Waals surface area contributed by atoms with Gasteiger partial charge in [-0.25, -0.2) is 9.59 Å². The Labute approximate surface area is 226 Å². The van der Waals surface area contributed by atoms with E-state index < -0.39 is 24.5 Å². The van der Waals surface area contributed by atoms with Crippen molar-refractivity contribution >= 4 is 66.0 Å². The first kappa shape index (κ1) is 26.0. The highest BCUT2D eigenvalue weighted by Crippen LogP contribution is 2.38. The van der Waals surface area contributed by atoms with Crippen molar-refractivity contribution < 1.29 is 38.4 Å². The number of ether oxygens (including phenoxy) is 4. The van der Waals surface area contributed by atoms with Gasteiger partial charge in [-0.3, -0.25) is 4.79 Å². The van der Waals surface area contributed by atoms with Gasteiger partial charge in [0, 0.05) is 9.35 Å². The summed E-state index contributed by atoms with van der Waals surface area (Å²) in [7, 11) is 1.26. The van der Waals surface area contributed by atoms with Crippen LogP contribution in [0, 0.1) is 6.92 Å². The molecule has 0 saturated carbocycles. The maximum Gasteiger partial charge on any atom is 0.342 e. The number of hydrogen-bond donors (Lipinski definition) is 2. The van der Waals surface area contributed by atoms with E-state index in [9.17, 15) is 19.5 Å². The molecule has 2 N–H and O–H groups in total. The fourth-order valence-electron chi connectivity index (χ4n) is 3.55. The van der Waals surface area contributed by atoms with Crippen molar-refractivity contribution in [3.63, 3.8) is 0 Å². The summed E-state index contributed by atoms with van der Waals surface area (Å²) in [4.78, 5) is 38.4. The van der Waals surface area contributed by atoms with Gasteiger partial charge in [-0.05, 0) is 64.7 Å². The number of esters is 2. The number of halogens is 2. The highest BCUT2D eigenvalue weighted by molar-refractivity contribution is 9.11. The lowest BCUT2D eigenvalue weighted by atomic mass is 10.0. The zero-order valence-electron chi connectivity index (χ0n) is 19.0. The number of anilines is 1. The van der Waals surface area contributed by atoms with E-state index >= 15 is 0 Å². The Bertz CT molecular complexity index is 1370. The van der Waals surface area contributed by atoms with E-state index in [4.69, 9.17) is 18.9 Å². The third-order valence-electron chi connectivity index (χ3n) is 5.25. The Morgan fingerprint density at radius 2 is 1.86 bits per heavy atom. The zero-order chi connectivity index (χ0) is 26.0. The molecule has 0 unspecified atom stereocenters. The van der Waals surface area contributed by atoms with Gasteiger partial charge < -0.3 is 29.4 Å². The number of methoxy groups -OCH3 is 1. The minimum Gasteiger partial charge on any atom is -0.506 e. The van der Waals surface area contributed by atoms with Crippen molar-refractivity contribution in [3.8, 4) is 17.2 Å². The molecule has 1 amide bonds. The molecule has 0 saturated heterocycles. The third kappa shape index (κ3) is 5.50. The van der Waals surface area contributed by atoms with Crippen molar-refractivity contribution in [2.24, 2.45) is 0 Å². The first-order chi connectivity index (χ1) is 17.2. The lowest BCUT2D eigenvalue weighted by molar-refractivity contribution is -0.119. The molecule has 36 heavy (non-hydrogen) atoms. The Hall–Kier alpha value is -3.09. The zero-order valence-corrected chi connectivity index (χ0v) is 23.0. The number of rotatable bonds is 7. The minimum atomic E-state index is -0.885. The summed E-state index contributed by atoms with van der Waals surface area (Å²) < 4.78 is 21.6. The summed E-state index contributed by atoms with van der Waals surface area (Å²) in [5, 5.41) is 13.0. The molecule has 0 spiro atoms. The highest BCUT2D eigenvalue weighted by atomic mass is 79.9. The summed E-state index contributed by atoms with van der Waals surface area (Å²) in [5.41, 5.74) is 1.70. The summed E-state index contributed by atoms with van der Waals surface area (Å²) >= 11 is 7.59. The van der Waals surface area contributed by atoms with Gasteiger partial charge in [0.25, 0.3) is 5.91 Å². The van der Waals surface area contributed by atoms with Gasteiger partial charge in [0.2, 0.25) is 6.79 Å². The SMILES string of the molecule is COC(=O)c1c(NC(=O)COC(=O)c2cc(Br)cc(Br)c2O)sc(C)c1Cc1ccc2c(c1)OCO2. The number of aromatic hydroxyl groups is 1. The molecule has 0 aliphatic carbocycles. The van der Waals surface area contributed by atoms with Crippen molar-refractivity contribution in [2.45, 2.75) is 13.3 Å². The number of amides is 1. The van der Waals surface area contributed by atoms with Crippen LogP contribution in [0.5, 0.6) is 17.2 Å². The first-order valence-electron chi connectivity index (χ1n) is 10.4. The fraction of sp³-hybridized carbons (Fsp3) is 0.208. The molecule has 0 fully saturated rings. The number of nitrogens with one attached hydrogen (secondary N) is 1. The maximum absolute atomic E-state index is 12.6. The molecule has 3 aromatic rings. The van der Waals surface area contributed by atoms with E-state index in [1.165, 1.54) is 24.5 Å². The normalized spacial score (nSPS) is 11.8. The number of carbonyl (C=O) groups excluding carboxylic acids is 3. The van der Waals surface area contributed by atoms with Crippen LogP contribution in [0.1, 0.15) is 36.7 Å². The lowest BCUT2D eigenvalue weighted by Crippen LogP contribution is -2.22. The summed E-state index contributed by atoms with van der Waals surface area (Å²) in [5.74, 6) is -1.18. The van der Waals surface area contributed by atoms with Crippen LogP contribution in [0.3, 0.4) is 0 Å². The number of thiophene rings is 1. The van der Waals surface area contributed by atoms with Gasteiger partial charge in [-0.2, -0.15) is 0 Å². The molecule has 1 aromatic heterocycles. The molecule has 2 aromatic carbocycles. The van der Waals surface area contributed by atoms with Crippen molar-refractivity contribution in [1.29, 1.82) is 0 Å². The standard InChI is InChI=1S/C24H19Br2NO8S/c1-11-14(5-12-3-4-17-18(6-12)35-10-34-17)20(24(31)32-2)22(36-11)27-19(28)9-33-23(30)15-7-13(25)8-16(26)21(15)29/h3-4,6-8,29H,5,9-10H2,1-2H3,(H,27,28). The number of carbonyl (C=O) groups is 3. The van der Waals surface area contributed by atoms with E-state index in [1.54, 1.807) is 12.1 Å². The van der Waals surface area contributed by atoms with Gasteiger partial charge in [-0.1, -0.05) is 22.0 Å². The Morgan fingerprint density at radius 3 is 2.61 bits per heavy atom. The third-order valence-corrected chi connectivity index (χ3v) is 7.38. The van der Waals surface area contributed by atoms with E-state index in [0.717, 1.165) is 10.4 Å². The number of fused-ring (bicyclic) bond motifs is 1. The maximum atomic E-state index is 12.6. The van der Waals surface area contributed by atoms with E-state index in [0.29, 0.717) is 32.4 Å². The van der Waals surface area contributed by atoms with Gasteiger partial charge in [0.1, 0.15) is 16.3 Å². The van der Waals surface area contributed by atoms with Crippen LogP contribution in [0.4, 0.5) is 5.00 Å². The Morgan fingerprint density at radius 1 is 1.11 bits per heavy atom. The average Bonchev–Trinajstić information content (AvgIpc) is 3.43. The summed E-state index contributed by atoms with van der Waals surface area (Å²) in [6.07, 6.45) is 0.394. The van der Waals surface area contributed by atoms with Crippen LogP contribution in [0.25, 0.3) is 0 Å². The van der Waals surface area contributed by atoms with Gasteiger partial charge >= 0.3 is 11.9 Å². The second-order valence-electron chi connectivity index (χ2n) is 7.60. The van der Waals surface area contributed by atoms with Crippen LogP contribution in [-0.2, 0) is 20.7 Å². The number of phenols is 1. The molecule has 2 heterocycles. The van der Waals surface area contributed by atoms with Crippen LogP contribution in [0.2, 0.25) is 0 Å². The summed E-state index contributed by atoms with van der Waals surface area (Å²) in [6, 6.07) is 8.46. The quantitative estimate of drug-likeness (QED) is 0.339. The lowest BCUT2D eigenvalue weighted by Gasteiger charge is -2.10. The fourth-order valence-corrected chi connectivity index (χ4v) is 5.85. The van der Waals surface area contributed by atoms with Gasteiger partial charge in [0.05, 0.1) is 17.1 Å². The van der Waals surface area contributed by atoms with E-state index in [1.807, 2.05) is 19.1 Å². The molecule has 0 radical (unpaired) electrons. The number of hydrogen-bond acceptors (Lipinski definition) is 9. The van der Waals surface area contributed by atoms with E-state index in [2.05, 4.69) is 37.2 Å². The van der Waals surface area contributed by atoms with Crippen LogP contribution >= 0.6 is 43.2 Å². The largest absolute Gasteiger partial charge is 0.506 e. The second kappa shape index (κ2) is 10.9. The average molecular weight is 641 g/mol. The number of phenolic OH excluding ortho intramolecular Hbond substituents is 1. The predicted molar refractivity (Wildman–Crippen MR) is 138 cm³/mol. The summed E-state index contributed by atoms with van der Waals surface area (Å²) in [6.45, 7) is 1.36.